The van der Waals surface area contributed by atoms with E-state index in [9.17, 15) is 4.79 Å². The van der Waals surface area contributed by atoms with Gasteiger partial charge >= 0.3 is 0 Å². The fourth-order valence-corrected chi connectivity index (χ4v) is 2.38. The third-order valence-corrected chi connectivity index (χ3v) is 3.58. The van der Waals surface area contributed by atoms with Crippen LogP contribution in [0.4, 0.5) is 0 Å². The van der Waals surface area contributed by atoms with E-state index in [1.165, 1.54) is 4.68 Å². The minimum absolute atomic E-state index is 0.0728. The molecule has 2 heterocycles. The third-order valence-electron chi connectivity index (χ3n) is 3.58. The molecule has 1 saturated heterocycles. The first-order chi connectivity index (χ1) is 9.25. The Balaban J connectivity index is 1.93. The van der Waals surface area contributed by atoms with Crippen molar-refractivity contribution in [3.8, 4) is 0 Å². The summed E-state index contributed by atoms with van der Waals surface area (Å²) in [6, 6.07) is 7.71. The molecule has 0 spiro atoms. The molecule has 0 unspecified atom stereocenters. The second-order valence-electron chi connectivity index (χ2n) is 4.92. The van der Waals surface area contributed by atoms with Gasteiger partial charge in [0, 0.05) is 25.7 Å². The van der Waals surface area contributed by atoms with Crippen molar-refractivity contribution in [2.75, 3.05) is 19.6 Å². The van der Waals surface area contributed by atoms with Crippen molar-refractivity contribution in [2.24, 2.45) is 0 Å². The molecule has 100 valence electrons. The molecule has 0 bridgehead atoms. The minimum Gasteiger partial charge on any atom is -0.314 e. The average Bonchev–Trinajstić information content (AvgIpc) is 2.44. The molecule has 0 amide bonds. The second-order valence-corrected chi connectivity index (χ2v) is 4.92. The maximum absolute atomic E-state index is 12.3. The van der Waals surface area contributed by atoms with Crippen LogP contribution in [0.1, 0.15) is 6.92 Å². The summed E-state index contributed by atoms with van der Waals surface area (Å²) in [6.45, 7) is 5.45. The normalized spacial score (nSPS) is 20.8. The summed E-state index contributed by atoms with van der Waals surface area (Å²) >= 11 is 0. The van der Waals surface area contributed by atoms with Crippen LogP contribution in [-0.2, 0) is 6.67 Å². The number of benzene rings is 1. The second kappa shape index (κ2) is 5.07. The molecule has 6 nitrogen and oxygen atoms in total. The van der Waals surface area contributed by atoms with Crippen molar-refractivity contribution in [3.05, 3.63) is 34.6 Å². The van der Waals surface area contributed by atoms with Crippen LogP contribution in [-0.4, -0.2) is 45.6 Å². The molecule has 3 rings (SSSR count). The first kappa shape index (κ1) is 12.3. The topological polar surface area (TPSA) is 63.1 Å². The number of piperazine rings is 1. The van der Waals surface area contributed by atoms with E-state index >= 15 is 0 Å². The van der Waals surface area contributed by atoms with Gasteiger partial charge in [0.15, 0.2) is 0 Å². The molecule has 2 aromatic rings. The molecule has 1 aliphatic rings. The molecule has 19 heavy (non-hydrogen) atoms. The lowest BCUT2D eigenvalue weighted by molar-refractivity contribution is 0.122. The van der Waals surface area contributed by atoms with Crippen molar-refractivity contribution < 1.29 is 0 Å². The highest BCUT2D eigenvalue weighted by Crippen LogP contribution is 2.06. The zero-order valence-corrected chi connectivity index (χ0v) is 10.9. The van der Waals surface area contributed by atoms with E-state index in [1.807, 2.05) is 18.2 Å². The van der Waals surface area contributed by atoms with Gasteiger partial charge in [-0.1, -0.05) is 17.3 Å². The summed E-state index contributed by atoms with van der Waals surface area (Å²) in [4.78, 5) is 14.6. The number of aromatic nitrogens is 3. The van der Waals surface area contributed by atoms with Crippen LogP contribution in [0.3, 0.4) is 0 Å². The monoisotopic (exact) mass is 259 g/mol. The van der Waals surface area contributed by atoms with E-state index in [4.69, 9.17) is 0 Å². The first-order valence-corrected chi connectivity index (χ1v) is 6.53. The number of hydrogen-bond acceptors (Lipinski definition) is 5. The summed E-state index contributed by atoms with van der Waals surface area (Å²) in [5, 5.41) is 12.1. The molecule has 0 saturated carbocycles. The van der Waals surface area contributed by atoms with Gasteiger partial charge in [0.05, 0.1) is 12.1 Å². The molecule has 1 aromatic carbocycles. The highest BCUT2D eigenvalue weighted by atomic mass is 16.1. The van der Waals surface area contributed by atoms with Crippen LogP contribution in [0.15, 0.2) is 29.1 Å². The number of nitrogens with one attached hydrogen (secondary N) is 1. The largest absolute Gasteiger partial charge is 0.314 e. The molecule has 6 heteroatoms. The molecule has 1 atom stereocenters. The maximum Gasteiger partial charge on any atom is 0.278 e. The quantitative estimate of drug-likeness (QED) is 0.825. The highest BCUT2D eigenvalue weighted by molar-refractivity contribution is 5.76. The molecule has 0 radical (unpaired) electrons. The van der Waals surface area contributed by atoms with Crippen molar-refractivity contribution >= 4 is 10.9 Å². The van der Waals surface area contributed by atoms with E-state index in [2.05, 4.69) is 27.5 Å². The van der Waals surface area contributed by atoms with Gasteiger partial charge in [0.2, 0.25) is 0 Å². The van der Waals surface area contributed by atoms with Gasteiger partial charge in [-0.2, -0.15) is 4.68 Å². The van der Waals surface area contributed by atoms with Crippen molar-refractivity contribution in [2.45, 2.75) is 19.6 Å². The van der Waals surface area contributed by atoms with Crippen LogP contribution in [0, 0.1) is 0 Å². The number of hydrogen-bond donors (Lipinski definition) is 1. The Hall–Kier alpha value is -1.79. The fourth-order valence-electron chi connectivity index (χ4n) is 2.38. The van der Waals surface area contributed by atoms with Gasteiger partial charge in [-0.25, -0.2) is 0 Å². The standard InChI is InChI=1S/C13H17N5O/c1-10-8-14-6-7-17(10)9-18-13(19)11-4-2-3-5-12(11)15-16-18/h2-5,10,14H,6-9H2,1H3/t10-/m0/s1. The van der Waals surface area contributed by atoms with Crippen LogP contribution in [0.2, 0.25) is 0 Å². The van der Waals surface area contributed by atoms with Crippen LogP contribution in [0.25, 0.3) is 10.9 Å². The predicted octanol–water partition coefficient (Wildman–Crippen LogP) is 0.0427. The predicted molar refractivity (Wildman–Crippen MR) is 72.8 cm³/mol. The fraction of sp³-hybridized carbons (Fsp3) is 0.462. The van der Waals surface area contributed by atoms with Crippen molar-refractivity contribution in [1.29, 1.82) is 0 Å². The summed E-state index contributed by atoms with van der Waals surface area (Å²) < 4.78 is 1.45. The molecule has 1 aromatic heterocycles. The maximum atomic E-state index is 12.3. The average molecular weight is 259 g/mol. The van der Waals surface area contributed by atoms with Gasteiger partial charge < -0.3 is 5.32 Å². The van der Waals surface area contributed by atoms with Gasteiger partial charge in [-0.15, -0.1) is 5.10 Å². The lowest BCUT2D eigenvalue weighted by Gasteiger charge is -2.33. The molecular weight excluding hydrogens is 242 g/mol. The van der Waals surface area contributed by atoms with Gasteiger partial charge in [-0.3, -0.25) is 9.69 Å². The zero-order chi connectivity index (χ0) is 13.2. The number of rotatable bonds is 2. The Morgan fingerprint density at radius 2 is 2.26 bits per heavy atom. The third kappa shape index (κ3) is 2.36. The smallest absolute Gasteiger partial charge is 0.278 e. The minimum atomic E-state index is -0.0728. The molecule has 0 aliphatic carbocycles. The highest BCUT2D eigenvalue weighted by Gasteiger charge is 2.19. The number of nitrogens with zero attached hydrogens (tertiary/aromatic N) is 4. The molecular formula is C13H17N5O. The van der Waals surface area contributed by atoms with E-state index < -0.39 is 0 Å². The lowest BCUT2D eigenvalue weighted by atomic mass is 10.2. The summed E-state index contributed by atoms with van der Waals surface area (Å²) in [6.07, 6.45) is 0. The van der Waals surface area contributed by atoms with Crippen LogP contribution < -0.4 is 10.9 Å². The summed E-state index contributed by atoms with van der Waals surface area (Å²) in [5.74, 6) is 0. The van der Waals surface area contributed by atoms with E-state index in [1.54, 1.807) is 6.07 Å². The molecule has 1 aliphatic heterocycles. The van der Waals surface area contributed by atoms with E-state index in [-0.39, 0.29) is 5.56 Å². The summed E-state index contributed by atoms with van der Waals surface area (Å²) in [5.41, 5.74) is 0.577. The first-order valence-electron chi connectivity index (χ1n) is 6.53. The summed E-state index contributed by atoms with van der Waals surface area (Å²) in [7, 11) is 0. The SMILES string of the molecule is C[C@H]1CNCCN1Cn1nnc2ccccc2c1=O. The Morgan fingerprint density at radius 3 is 3.11 bits per heavy atom. The van der Waals surface area contributed by atoms with E-state index in [0.717, 1.165) is 19.6 Å². The Bertz CT molecular complexity index is 638. The zero-order valence-electron chi connectivity index (χ0n) is 10.9. The molecule has 1 fully saturated rings. The Morgan fingerprint density at radius 1 is 1.42 bits per heavy atom. The van der Waals surface area contributed by atoms with Gasteiger partial charge in [0.1, 0.15) is 5.52 Å². The van der Waals surface area contributed by atoms with Gasteiger partial charge in [-0.05, 0) is 19.1 Å². The van der Waals surface area contributed by atoms with Crippen molar-refractivity contribution in [1.82, 2.24) is 25.2 Å². The van der Waals surface area contributed by atoms with Crippen LogP contribution in [0.5, 0.6) is 0 Å². The Labute approximate surface area is 111 Å². The van der Waals surface area contributed by atoms with Crippen molar-refractivity contribution in [3.63, 3.8) is 0 Å². The van der Waals surface area contributed by atoms with Gasteiger partial charge in [0.25, 0.3) is 5.56 Å². The lowest BCUT2D eigenvalue weighted by Crippen LogP contribution is -2.51. The van der Waals surface area contributed by atoms with E-state index in [0.29, 0.717) is 23.6 Å². The number of fused-ring (bicyclic) bond motifs is 1. The molecule has 1 N–H and O–H groups in total. The Kier molecular flexibility index (Phi) is 3.27. The van der Waals surface area contributed by atoms with Crippen LogP contribution >= 0.6 is 0 Å².